The Morgan fingerprint density at radius 3 is 2.59 bits per heavy atom. The van der Waals surface area contributed by atoms with Crippen LogP contribution in [0.2, 0.25) is 0 Å². The van der Waals surface area contributed by atoms with Gasteiger partial charge in [-0.15, -0.1) is 5.10 Å². The Bertz CT molecular complexity index is 1280. The minimum Gasteiger partial charge on any atom is -0.443 e. The molecule has 0 saturated carbocycles. The summed E-state index contributed by atoms with van der Waals surface area (Å²) < 4.78 is 8.76. The summed E-state index contributed by atoms with van der Waals surface area (Å²) in [5.74, 6) is 0.0894. The van der Waals surface area contributed by atoms with Gasteiger partial charge in [0.2, 0.25) is 5.91 Å². The standard InChI is InChI=1S/C24H33N9O4/c1-24(2,3)37-23(36)33(17-12-25-31(13-17)16-20(35)29-10-8-28(4)9-11-29)22-26-21-19(30-14-18(34)15-30)6-5-7-32(21)27-22/h5-7,12-13,18,34H,8-11,14-16H2,1-4H3. The lowest BCUT2D eigenvalue weighted by Gasteiger charge is -2.37. The van der Waals surface area contributed by atoms with E-state index in [1.807, 2.05) is 29.0 Å². The van der Waals surface area contributed by atoms with Crippen molar-refractivity contribution in [2.45, 2.75) is 39.0 Å². The number of piperazine rings is 1. The number of aliphatic hydroxyl groups excluding tert-OH is 1. The van der Waals surface area contributed by atoms with Gasteiger partial charge in [0.15, 0.2) is 5.65 Å². The number of aliphatic hydroxyl groups is 1. The summed E-state index contributed by atoms with van der Waals surface area (Å²) in [7, 11) is 2.04. The Kier molecular flexibility index (Phi) is 6.50. The summed E-state index contributed by atoms with van der Waals surface area (Å²) in [6, 6.07) is 3.74. The second kappa shape index (κ2) is 9.63. The lowest BCUT2D eigenvalue weighted by atomic mass is 10.1. The van der Waals surface area contributed by atoms with E-state index in [2.05, 4.69) is 20.1 Å². The van der Waals surface area contributed by atoms with E-state index in [9.17, 15) is 14.7 Å². The van der Waals surface area contributed by atoms with Gasteiger partial charge in [0, 0.05) is 51.7 Å². The predicted octanol–water partition coefficient (Wildman–Crippen LogP) is 0.954. The summed E-state index contributed by atoms with van der Waals surface area (Å²) in [6.45, 7) is 9.44. The molecular formula is C24H33N9O4. The van der Waals surface area contributed by atoms with Crippen LogP contribution in [0.3, 0.4) is 0 Å². The Morgan fingerprint density at radius 1 is 1.19 bits per heavy atom. The van der Waals surface area contributed by atoms with Gasteiger partial charge in [-0.2, -0.15) is 10.1 Å². The number of pyridine rings is 1. The first-order valence-corrected chi connectivity index (χ1v) is 12.4. The maximum atomic E-state index is 13.3. The van der Waals surface area contributed by atoms with Gasteiger partial charge in [0.25, 0.3) is 5.95 Å². The summed E-state index contributed by atoms with van der Waals surface area (Å²) in [4.78, 5) is 38.1. The molecule has 198 valence electrons. The van der Waals surface area contributed by atoms with E-state index in [-0.39, 0.29) is 24.5 Å². The predicted molar refractivity (Wildman–Crippen MR) is 136 cm³/mol. The molecule has 0 aromatic carbocycles. The van der Waals surface area contributed by atoms with Gasteiger partial charge in [-0.1, -0.05) is 0 Å². The normalized spacial score (nSPS) is 17.2. The van der Waals surface area contributed by atoms with Crippen LogP contribution < -0.4 is 9.80 Å². The number of ether oxygens (including phenoxy) is 1. The van der Waals surface area contributed by atoms with E-state index in [1.165, 1.54) is 15.8 Å². The van der Waals surface area contributed by atoms with Crippen molar-refractivity contribution in [2.75, 3.05) is 56.1 Å². The zero-order chi connectivity index (χ0) is 26.3. The van der Waals surface area contributed by atoms with Gasteiger partial charge in [-0.05, 0) is 40.0 Å². The Hall–Kier alpha value is -3.71. The molecule has 2 aliphatic rings. The van der Waals surface area contributed by atoms with Gasteiger partial charge in [0.1, 0.15) is 12.1 Å². The highest BCUT2D eigenvalue weighted by molar-refractivity contribution is 5.94. The fourth-order valence-electron chi connectivity index (χ4n) is 4.33. The zero-order valence-corrected chi connectivity index (χ0v) is 21.6. The fraction of sp³-hybridized carbons (Fsp3) is 0.542. The molecule has 0 bridgehead atoms. The molecule has 37 heavy (non-hydrogen) atoms. The lowest BCUT2D eigenvalue weighted by Crippen LogP contribution is -2.51. The number of rotatable bonds is 5. The number of likely N-dealkylation sites (N-methyl/N-ethyl adjacent to an activating group) is 1. The average molecular weight is 512 g/mol. The van der Waals surface area contributed by atoms with E-state index in [1.54, 1.807) is 37.7 Å². The molecular weight excluding hydrogens is 478 g/mol. The van der Waals surface area contributed by atoms with Crippen LogP contribution >= 0.6 is 0 Å². The SMILES string of the molecule is CN1CCN(C(=O)Cn2cc(N(C(=O)OC(C)(C)C)c3nc4c(N5CC(O)C5)cccn4n3)cn2)CC1. The number of carbonyl (C=O) groups is 2. The second-order valence-electron chi connectivity index (χ2n) is 10.5. The molecule has 0 aliphatic carbocycles. The van der Waals surface area contributed by atoms with Crippen molar-refractivity contribution in [2.24, 2.45) is 0 Å². The Morgan fingerprint density at radius 2 is 1.92 bits per heavy atom. The lowest BCUT2D eigenvalue weighted by molar-refractivity contribution is -0.133. The van der Waals surface area contributed by atoms with Crippen LogP contribution in [0.5, 0.6) is 0 Å². The molecule has 3 aromatic rings. The zero-order valence-electron chi connectivity index (χ0n) is 21.6. The number of aromatic nitrogens is 5. The number of carbonyl (C=O) groups excluding carboxylic acids is 2. The molecule has 2 fully saturated rings. The maximum Gasteiger partial charge on any atom is 0.422 e. The quantitative estimate of drug-likeness (QED) is 0.533. The Labute approximate surface area is 214 Å². The molecule has 2 amide bonds. The highest BCUT2D eigenvalue weighted by Gasteiger charge is 2.31. The molecule has 3 aromatic heterocycles. The van der Waals surface area contributed by atoms with E-state index >= 15 is 0 Å². The number of amides is 2. The van der Waals surface area contributed by atoms with Crippen LogP contribution in [0.4, 0.5) is 22.1 Å². The highest BCUT2D eigenvalue weighted by atomic mass is 16.6. The fourth-order valence-corrected chi connectivity index (χ4v) is 4.33. The van der Waals surface area contributed by atoms with E-state index in [0.29, 0.717) is 37.5 Å². The first kappa shape index (κ1) is 25.0. The minimum absolute atomic E-state index is 0.0289. The van der Waals surface area contributed by atoms with E-state index in [0.717, 1.165) is 18.8 Å². The van der Waals surface area contributed by atoms with Gasteiger partial charge in [0.05, 0.1) is 23.7 Å². The third-order valence-corrected chi connectivity index (χ3v) is 6.34. The molecule has 0 unspecified atom stereocenters. The molecule has 5 rings (SSSR count). The van der Waals surface area contributed by atoms with Crippen LogP contribution in [0.1, 0.15) is 20.8 Å². The molecule has 5 heterocycles. The van der Waals surface area contributed by atoms with Crippen LogP contribution in [0, 0.1) is 0 Å². The van der Waals surface area contributed by atoms with Crippen LogP contribution in [-0.2, 0) is 16.1 Å². The largest absolute Gasteiger partial charge is 0.443 e. The monoisotopic (exact) mass is 511 g/mol. The molecule has 13 heteroatoms. The van der Waals surface area contributed by atoms with Crippen molar-refractivity contribution in [3.05, 3.63) is 30.7 Å². The third-order valence-electron chi connectivity index (χ3n) is 6.34. The topological polar surface area (TPSA) is 125 Å². The van der Waals surface area contributed by atoms with Crippen LogP contribution in [-0.4, -0.2) is 109 Å². The van der Waals surface area contributed by atoms with Crippen molar-refractivity contribution in [1.82, 2.24) is 34.2 Å². The molecule has 1 N–H and O–H groups in total. The smallest absolute Gasteiger partial charge is 0.422 e. The van der Waals surface area contributed by atoms with Crippen molar-refractivity contribution in [1.29, 1.82) is 0 Å². The summed E-state index contributed by atoms with van der Waals surface area (Å²) in [5, 5.41) is 18.6. The molecule has 0 radical (unpaired) electrons. The van der Waals surface area contributed by atoms with Crippen molar-refractivity contribution >= 4 is 35.0 Å². The number of fused-ring (bicyclic) bond motifs is 1. The van der Waals surface area contributed by atoms with Crippen molar-refractivity contribution in [3.63, 3.8) is 0 Å². The first-order valence-electron chi connectivity index (χ1n) is 12.4. The molecule has 0 atom stereocenters. The second-order valence-corrected chi connectivity index (χ2v) is 10.5. The molecule has 0 spiro atoms. The van der Waals surface area contributed by atoms with Gasteiger partial charge < -0.3 is 24.5 Å². The number of nitrogens with zero attached hydrogens (tertiary/aromatic N) is 9. The van der Waals surface area contributed by atoms with Crippen LogP contribution in [0.25, 0.3) is 5.65 Å². The molecule has 13 nitrogen and oxygen atoms in total. The summed E-state index contributed by atoms with van der Waals surface area (Å²) >= 11 is 0. The van der Waals surface area contributed by atoms with E-state index < -0.39 is 11.7 Å². The van der Waals surface area contributed by atoms with Gasteiger partial charge >= 0.3 is 6.09 Å². The summed E-state index contributed by atoms with van der Waals surface area (Å²) in [6.07, 6.45) is 3.84. The third kappa shape index (κ3) is 5.37. The first-order chi connectivity index (χ1) is 17.6. The van der Waals surface area contributed by atoms with Crippen molar-refractivity contribution in [3.8, 4) is 0 Å². The maximum absolute atomic E-state index is 13.3. The Balaban J connectivity index is 1.43. The van der Waals surface area contributed by atoms with Crippen LogP contribution in [0.15, 0.2) is 30.7 Å². The average Bonchev–Trinajstić information content (AvgIpc) is 3.43. The minimum atomic E-state index is -0.749. The number of hydrogen-bond donors (Lipinski definition) is 1. The van der Waals surface area contributed by atoms with E-state index in [4.69, 9.17) is 4.74 Å². The van der Waals surface area contributed by atoms with Gasteiger partial charge in [-0.3, -0.25) is 9.48 Å². The molecule has 2 saturated heterocycles. The number of anilines is 3. The summed E-state index contributed by atoms with van der Waals surface area (Å²) in [5.41, 5.74) is 0.998. The molecule has 2 aliphatic heterocycles. The number of hydrogen-bond acceptors (Lipinski definition) is 9. The highest BCUT2D eigenvalue weighted by Crippen LogP contribution is 2.30. The van der Waals surface area contributed by atoms with Crippen molar-refractivity contribution < 1.29 is 19.4 Å². The van der Waals surface area contributed by atoms with Gasteiger partial charge in [-0.25, -0.2) is 14.2 Å². The number of β-amino-alcohol motifs (C(OH)–C–C–N with tert-alkyl or cyclic N) is 1.